The highest BCUT2D eigenvalue weighted by molar-refractivity contribution is 6.04. The minimum Gasteiger partial charge on any atom is -0.379 e. The number of aromatic nitrogens is 6. The number of hydrogen-bond donors (Lipinski definition) is 3. The Labute approximate surface area is 195 Å². The molecule has 1 saturated heterocycles. The summed E-state index contributed by atoms with van der Waals surface area (Å²) in [7, 11) is 0. The minimum absolute atomic E-state index is 0.104. The minimum atomic E-state index is -0.628. The second-order valence-electron chi connectivity index (χ2n) is 9.45. The van der Waals surface area contributed by atoms with Crippen LogP contribution in [0.3, 0.4) is 0 Å². The molecule has 3 aromatic heterocycles. The summed E-state index contributed by atoms with van der Waals surface area (Å²) in [5, 5.41) is 13.5. The van der Waals surface area contributed by atoms with E-state index < -0.39 is 5.91 Å². The van der Waals surface area contributed by atoms with Crippen LogP contribution >= 0.6 is 0 Å². The molecule has 1 aliphatic rings. The molecule has 0 bridgehead atoms. The standard InChI is InChI=1S/C23H27FN8O2/c1-23(2,3)19-11-18(32(24)30-19)22(33)28-17-12-25-29-20(17)21-26-15-5-4-14(10-16(15)27-21)13-31-6-8-34-9-7-31/h4-5,10-12H,6-9,13H2,1-3H3,(H,25,29)(H,26,27)(H,28,33). The molecule has 0 spiro atoms. The predicted molar refractivity (Wildman–Crippen MR) is 125 cm³/mol. The molecule has 1 amide bonds. The third-order valence-corrected chi connectivity index (χ3v) is 5.84. The lowest BCUT2D eigenvalue weighted by Crippen LogP contribution is -2.35. The molecule has 178 valence electrons. The molecular formula is C23H27FN8O2. The number of rotatable bonds is 5. The van der Waals surface area contributed by atoms with Crippen molar-refractivity contribution >= 4 is 22.6 Å². The van der Waals surface area contributed by atoms with Crippen LogP contribution in [0.5, 0.6) is 0 Å². The molecular weight excluding hydrogens is 439 g/mol. The number of H-pyrrole nitrogens is 2. The maximum atomic E-state index is 14.3. The third-order valence-electron chi connectivity index (χ3n) is 5.84. The average Bonchev–Trinajstić information content (AvgIpc) is 3.51. The summed E-state index contributed by atoms with van der Waals surface area (Å²) in [5.74, 6) is -0.128. The lowest BCUT2D eigenvalue weighted by Gasteiger charge is -2.26. The Morgan fingerprint density at radius 1 is 1.24 bits per heavy atom. The fraction of sp³-hybridized carbons (Fsp3) is 0.391. The van der Waals surface area contributed by atoms with E-state index in [9.17, 15) is 9.28 Å². The zero-order valence-corrected chi connectivity index (χ0v) is 19.4. The number of anilines is 1. The second-order valence-corrected chi connectivity index (χ2v) is 9.45. The van der Waals surface area contributed by atoms with Crippen molar-refractivity contribution in [3.8, 4) is 11.5 Å². The van der Waals surface area contributed by atoms with Crippen molar-refractivity contribution < 1.29 is 14.0 Å². The van der Waals surface area contributed by atoms with Crippen LogP contribution in [0.25, 0.3) is 22.6 Å². The van der Waals surface area contributed by atoms with E-state index in [1.165, 1.54) is 12.3 Å². The van der Waals surface area contributed by atoms with E-state index in [2.05, 4.69) is 41.5 Å². The average molecular weight is 467 g/mol. The van der Waals surface area contributed by atoms with E-state index in [0.717, 1.165) is 49.4 Å². The van der Waals surface area contributed by atoms with E-state index >= 15 is 0 Å². The first kappa shape index (κ1) is 22.2. The normalized spacial score (nSPS) is 15.2. The van der Waals surface area contributed by atoms with Crippen LogP contribution in [0.2, 0.25) is 0 Å². The predicted octanol–water partition coefficient (Wildman–Crippen LogP) is 3.26. The quantitative estimate of drug-likeness (QED) is 0.416. The monoisotopic (exact) mass is 466 g/mol. The maximum absolute atomic E-state index is 14.3. The third kappa shape index (κ3) is 4.44. The largest absolute Gasteiger partial charge is 0.379 e. The summed E-state index contributed by atoms with van der Waals surface area (Å²) >= 11 is 0. The molecule has 3 N–H and O–H groups in total. The summed E-state index contributed by atoms with van der Waals surface area (Å²) in [6.07, 6.45) is 1.54. The van der Waals surface area contributed by atoms with Crippen molar-refractivity contribution in [2.45, 2.75) is 32.7 Å². The summed E-state index contributed by atoms with van der Waals surface area (Å²) in [4.78, 5) is 23.1. The number of nitrogens with one attached hydrogen (secondary N) is 3. The van der Waals surface area contributed by atoms with Gasteiger partial charge in [0.1, 0.15) is 0 Å². The lowest BCUT2D eigenvalue weighted by atomic mass is 9.92. The van der Waals surface area contributed by atoms with Crippen LogP contribution in [0, 0.1) is 0 Å². The fourth-order valence-corrected chi connectivity index (χ4v) is 3.91. The molecule has 11 heteroatoms. The molecule has 1 aromatic carbocycles. The van der Waals surface area contributed by atoms with E-state index in [-0.39, 0.29) is 16.0 Å². The molecule has 4 aromatic rings. The van der Waals surface area contributed by atoms with Crippen LogP contribution in [0.15, 0.2) is 30.5 Å². The van der Waals surface area contributed by atoms with Crippen LogP contribution in [-0.2, 0) is 16.7 Å². The first-order chi connectivity index (χ1) is 16.3. The van der Waals surface area contributed by atoms with E-state index in [4.69, 9.17) is 4.74 Å². The van der Waals surface area contributed by atoms with Crippen molar-refractivity contribution in [3.05, 3.63) is 47.4 Å². The van der Waals surface area contributed by atoms with Gasteiger partial charge in [-0.25, -0.2) is 4.98 Å². The Bertz CT molecular complexity index is 1330. The number of carbonyl (C=O) groups is 1. The van der Waals surface area contributed by atoms with Crippen molar-refractivity contribution in [1.82, 2.24) is 35.1 Å². The Hall–Kier alpha value is -3.57. The highest BCUT2D eigenvalue weighted by atomic mass is 19.2. The molecule has 10 nitrogen and oxygen atoms in total. The van der Waals surface area contributed by atoms with Crippen molar-refractivity contribution in [2.75, 3.05) is 31.6 Å². The van der Waals surface area contributed by atoms with E-state index in [1.54, 1.807) is 0 Å². The van der Waals surface area contributed by atoms with E-state index in [0.29, 0.717) is 22.9 Å². The van der Waals surface area contributed by atoms with Crippen LogP contribution in [0.4, 0.5) is 10.2 Å². The number of fused-ring (bicyclic) bond motifs is 1. The molecule has 0 radical (unpaired) electrons. The molecule has 1 aliphatic heterocycles. The Kier molecular flexibility index (Phi) is 5.66. The van der Waals surface area contributed by atoms with Gasteiger partial charge in [0.05, 0.1) is 35.6 Å². The van der Waals surface area contributed by atoms with Gasteiger partial charge in [0.25, 0.3) is 5.91 Å². The highest BCUT2D eigenvalue weighted by Crippen LogP contribution is 2.27. The summed E-state index contributed by atoms with van der Waals surface area (Å²) in [5.41, 5.74) is 3.55. The number of nitrogens with zero attached hydrogens (tertiary/aromatic N) is 5. The van der Waals surface area contributed by atoms with Gasteiger partial charge in [-0.2, -0.15) is 5.10 Å². The zero-order chi connectivity index (χ0) is 23.9. The van der Waals surface area contributed by atoms with Gasteiger partial charge in [-0.1, -0.05) is 36.2 Å². The first-order valence-electron chi connectivity index (χ1n) is 11.2. The number of ether oxygens (including phenoxy) is 1. The number of benzene rings is 1. The first-order valence-corrected chi connectivity index (χ1v) is 11.2. The van der Waals surface area contributed by atoms with Crippen LogP contribution in [-0.4, -0.2) is 67.3 Å². The molecule has 0 atom stereocenters. The van der Waals surface area contributed by atoms with Gasteiger partial charge in [-0.3, -0.25) is 14.8 Å². The number of carbonyl (C=O) groups excluding carboxylic acids is 1. The smallest absolute Gasteiger partial charge is 0.277 e. The van der Waals surface area contributed by atoms with Gasteiger partial charge in [-0.05, 0) is 23.8 Å². The fourth-order valence-electron chi connectivity index (χ4n) is 3.91. The van der Waals surface area contributed by atoms with Gasteiger partial charge < -0.3 is 15.0 Å². The molecule has 1 fully saturated rings. The Morgan fingerprint density at radius 2 is 2.03 bits per heavy atom. The second kappa shape index (κ2) is 8.65. The Morgan fingerprint density at radius 3 is 2.76 bits per heavy atom. The highest BCUT2D eigenvalue weighted by Gasteiger charge is 2.24. The summed E-state index contributed by atoms with van der Waals surface area (Å²) < 4.78 is 19.7. The molecule has 4 heterocycles. The summed E-state index contributed by atoms with van der Waals surface area (Å²) in [6.45, 7) is 9.87. The van der Waals surface area contributed by atoms with Gasteiger partial charge in [-0.15, -0.1) is 5.10 Å². The van der Waals surface area contributed by atoms with Gasteiger partial charge in [0.2, 0.25) is 0 Å². The molecule has 0 saturated carbocycles. The van der Waals surface area contributed by atoms with Crippen LogP contribution in [0.1, 0.15) is 42.5 Å². The number of hydrogen-bond acceptors (Lipinski definition) is 6. The van der Waals surface area contributed by atoms with Crippen LogP contribution < -0.4 is 5.32 Å². The number of aromatic amines is 2. The van der Waals surface area contributed by atoms with Crippen molar-refractivity contribution in [1.29, 1.82) is 0 Å². The van der Waals surface area contributed by atoms with Crippen molar-refractivity contribution in [3.63, 3.8) is 0 Å². The number of imidazole rings is 1. The number of halogens is 1. The SMILES string of the molecule is CC(C)(C)c1cc(C(=O)Nc2c[nH]nc2-c2nc3cc(CN4CCOCC4)ccc3[nH]2)n(F)n1. The van der Waals surface area contributed by atoms with Gasteiger partial charge in [0.15, 0.2) is 17.2 Å². The number of amides is 1. The Balaban J connectivity index is 1.36. The van der Waals surface area contributed by atoms with Gasteiger partial charge >= 0.3 is 0 Å². The zero-order valence-electron chi connectivity index (χ0n) is 19.4. The number of morpholine rings is 1. The lowest BCUT2D eigenvalue weighted by molar-refractivity contribution is 0.0342. The summed E-state index contributed by atoms with van der Waals surface area (Å²) in [6, 6.07) is 7.56. The maximum Gasteiger partial charge on any atom is 0.277 e. The van der Waals surface area contributed by atoms with E-state index in [1.807, 2.05) is 32.9 Å². The molecule has 0 unspecified atom stereocenters. The molecule has 0 aliphatic carbocycles. The van der Waals surface area contributed by atoms with Crippen molar-refractivity contribution in [2.24, 2.45) is 0 Å². The topological polar surface area (TPSA) is 117 Å². The van der Waals surface area contributed by atoms with Gasteiger partial charge in [0, 0.05) is 31.2 Å². The molecule has 34 heavy (non-hydrogen) atoms. The molecule has 5 rings (SSSR count).